The number of hydrogen-bond acceptors (Lipinski definition) is 6. The van der Waals surface area contributed by atoms with Gasteiger partial charge in [-0.3, -0.25) is 0 Å². The van der Waals surface area contributed by atoms with E-state index in [4.69, 9.17) is 4.74 Å². The third-order valence-corrected chi connectivity index (χ3v) is 7.67. The highest BCUT2D eigenvalue weighted by Gasteiger charge is 2.31. The Morgan fingerprint density at radius 3 is 1.83 bits per heavy atom. The van der Waals surface area contributed by atoms with Crippen molar-refractivity contribution in [1.82, 2.24) is 9.97 Å². The molecule has 220 valence electrons. The number of ether oxygens (including phenoxy) is 1. The second-order valence-electron chi connectivity index (χ2n) is 10.5. The average molecular weight is 580 g/mol. The van der Waals surface area contributed by atoms with Crippen LogP contribution in [-0.2, 0) is 12.4 Å². The number of hydrogen-bond donors (Lipinski definition) is 1. The van der Waals surface area contributed by atoms with Crippen molar-refractivity contribution in [2.75, 3.05) is 41.3 Å². The van der Waals surface area contributed by atoms with E-state index in [1.807, 2.05) is 6.92 Å². The lowest BCUT2D eigenvalue weighted by Gasteiger charge is -2.35. The fraction of sp³-hybridized carbons (Fsp3) is 0.448. The number of nitrogens with one attached hydrogen (secondary N) is 1. The van der Waals surface area contributed by atoms with Gasteiger partial charge in [-0.1, -0.05) is 0 Å². The molecule has 0 radical (unpaired) electrons. The molecule has 0 saturated carbocycles. The molecule has 0 unspecified atom stereocenters. The topological polar surface area (TPSA) is 53.5 Å². The SMILES string of the molecule is Cc1c(OC2CCN(c3ccc(C(F)(F)F)cc3)CC2)ncnc1N1CCC(Nc2ccc(C(F)(F)F)cc2)CC1. The minimum Gasteiger partial charge on any atom is -0.474 e. The molecule has 0 amide bonds. The molecule has 0 bridgehead atoms. The zero-order valence-electron chi connectivity index (χ0n) is 22.5. The Balaban J connectivity index is 1.13. The molecule has 3 aromatic rings. The first kappa shape index (κ1) is 28.8. The van der Waals surface area contributed by atoms with Gasteiger partial charge in [-0.15, -0.1) is 0 Å². The molecule has 0 atom stereocenters. The number of halogens is 6. The maximum atomic E-state index is 12.9. The molecule has 3 heterocycles. The summed E-state index contributed by atoms with van der Waals surface area (Å²) >= 11 is 0. The predicted molar refractivity (Wildman–Crippen MR) is 144 cm³/mol. The molecule has 5 rings (SSSR count). The number of piperidine rings is 2. The summed E-state index contributed by atoms with van der Waals surface area (Å²) in [6.07, 6.45) is -4.28. The highest BCUT2D eigenvalue weighted by atomic mass is 19.4. The van der Waals surface area contributed by atoms with Crippen LogP contribution in [0.15, 0.2) is 54.9 Å². The first-order valence-electron chi connectivity index (χ1n) is 13.6. The fourth-order valence-electron chi connectivity index (χ4n) is 5.34. The van der Waals surface area contributed by atoms with Gasteiger partial charge in [-0.05, 0) is 68.3 Å². The van der Waals surface area contributed by atoms with Crippen molar-refractivity contribution in [3.05, 3.63) is 71.5 Å². The number of alkyl halides is 6. The summed E-state index contributed by atoms with van der Waals surface area (Å²) < 4.78 is 83.3. The first-order valence-corrected chi connectivity index (χ1v) is 13.6. The van der Waals surface area contributed by atoms with Crippen molar-refractivity contribution in [1.29, 1.82) is 0 Å². The summed E-state index contributed by atoms with van der Waals surface area (Å²) in [7, 11) is 0. The summed E-state index contributed by atoms with van der Waals surface area (Å²) in [6, 6.07) is 10.5. The lowest BCUT2D eigenvalue weighted by Crippen LogP contribution is -2.40. The first-order chi connectivity index (χ1) is 19.5. The molecule has 41 heavy (non-hydrogen) atoms. The Labute approximate surface area is 234 Å². The van der Waals surface area contributed by atoms with Crippen molar-refractivity contribution in [3.8, 4) is 5.88 Å². The minimum atomic E-state index is -4.35. The lowest BCUT2D eigenvalue weighted by molar-refractivity contribution is -0.138. The Kier molecular flexibility index (Phi) is 8.19. The minimum absolute atomic E-state index is 0.0687. The van der Waals surface area contributed by atoms with Crippen LogP contribution in [0.5, 0.6) is 5.88 Å². The standard InChI is InChI=1S/C29H31F6N5O/c1-19-26(40-14-10-23(11-15-40)38-22-6-2-20(3-7-22)28(30,31)32)36-18-37-27(19)41-25-12-16-39(17-13-25)24-8-4-21(5-9-24)29(33,34)35/h2-9,18,23,25,38H,10-17H2,1H3. The molecule has 2 saturated heterocycles. The van der Waals surface area contributed by atoms with Gasteiger partial charge in [0, 0.05) is 56.4 Å². The van der Waals surface area contributed by atoms with Crippen LogP contribution in [-0.4, -0.2) is 48.3 Å². The molecule has 2 aliphatic heterocycles. The molecular formula is C29H31F6N5O. The zero-order valence-corrected chi connectivity index (χ0v) is 22.5. The van der Waals surface area contributed by atoms with Gasteiger partial charge in [0.2, 0.25) is 5.88 Å². The molecular weight excluding hydrogens is 548 g/mol. The molecule has 6 nitrogen and oxygen atoms in total. The van der Waals surface area contributed by atoms with Crippen LogP contribution in [0.3, 0.4) is 0 Å². The van der Waals surface area contributed by atoms with E-state index in [0.717, 1.165) is 67.3 Å². The normalized spacial score (nSPS) is 17.5. The lowest BCUT2D eigenvalue weighted by atomic mass is 10.0. The molecule has 1 aromatic heterocycles. The second-order valence-corrected chi connectivity index (χ2v) is 10.5. The third-order valence-electron chi connectivity index (χ3n) is 7.67. The van der Waals surface area contributed by atoms with Crippen LogP contribution < -0.4 is 19.9 Å². The Morgan fingerprint density at radius 2 is 1.27 bits per heavy atom. The van der Waals surface area contributed by atoms with Gasteiger partial charge < -0.3 is 19.9 Å². The zero-order chi connectivity index (χ0) is 29.2. The van der Waals surface area contributed by atoms with E-state index in [9.17, 15) is 26.3 Å². The van der Waals surface area contributed by atoms with E-state index in [2.05, 4.69) is 25.1 Å². The van der Waals surface area contributed by atoms with E-state index < -0.39 is 23.5 Å². The van der Waals surface area contributed by atoms with Gasteiger partial charge >= 0.3 is 12.4 Å². The van der Waals surface area contributed by atoms with Gasteiger partial charge in [0.1, 0.15) is 18.2 Å². The Morgan fingerprint density at radius 1 is 0.732 bits per heavy atom. The van der Waals surface area contributed by atoms with Crippen molar-refractivity contribution in [2.45, 2.75) is 57.1 Å². The highest BCUT2D eigenvalue weighted by Crippen LogP contribution is 2.33. The van der Waals surface area contributed by atoms with Crippen LogP contribution in [0.2, 0.25) is 0 Å². The highest BCUT2D eigenvalue weighted by molar-refractivity contribution is 5.52. The van der Waals surface area contributed by atoms with Gasteiger partial charge in [0.05, 0.1) is 16.7 Å². The van der Waals surface area contributed by atoms with Crippen molar-refractivity contribution < 1.29 is 31.1 Å². The number of benzene rings is 2. The number of anilines is 3. The van der Waals surface area contributed by atoms with E-state index >= 15 is 0 Å². The second kappa shape index (κ2) is 11.7. The Hall–Kier alpha value is -3.70. The van der Waals surface area contributed by atoms with Crippen molar-refractivity contribution in [3.63, 3.8) is 0 Å². The molecule has 0 aliphatic carbocycles. The van der Waals surface area contributed by atoms with E-state index in [1.54, 1.807) is 0 Å². The van der Waals surface area contributed by atoms with Crippen LogP contribution in [0, 0.1) is 6.92 Å². The largest absolute Gasteiger partial charge is 0.474 e. The predicted octanol–water partition coefficient (Wildman–Crippen LogP) is 6.95. The maximum absolute atomic E-state index is 12.9. The summed E-state index contributed by atoms with van der Waals surface area (Å²) in [5.74, 6) is 1.32. The van der Waals surface area contributed by atoms with Crippen LogP contribution in [0.25, 0.3) is 0 Å². The smallest absolute Gasteiger partial charge is 0.416 e. The van der Waals surface area contributed by atoms with Gasteiger partial charge in [-0.25, -0.2) is 9.97 Å². The van der Waals surface area contributed by atoms with Crippen molar-refractivity contribution in [2.24, 2.45) is 0 Å². The summed E-state index contributed by atoms with van der Waals surface area (Å²) in [5, 5.41) is 3.33. The molecule has 12 heteroatoms. The molecule has 2 fully saturated rings. The quantitative estimate of drug-likeness (QED) is 0.319. The van der Waals surface area contributed by atoms with Crippen LogP contribution >= 0.6 is 0 Å². The maximum Gasteiger partial charge on any atom is 0.416 e. The molecule has 0 spiro atoms. The third kappa shape index (κ3) is 6.97. The summed E-state index contributed by atoms with van der Waals surface area (Å²) in [4.78, 5) is 13.1. The monoisotopic (exact) mass is 579 g/mol. The van der Waals surface area contributed by atoms with Crippen LogP contribution in [0.1, 0.15) is 42.4 Å². The molecule has 2 aliphatic rings. The van der Waals surface area contributed by atoms with Crippen molar-refractivity contribution >= 4 is 17.2 Å². The molecule has 2 aromatic carbocycles. The Bertz CT molecular complexity index is 1300. The molecule has 1 N–H and O–H groups in total. The number of aromatic nitrogens is 2. The average Bonchev–Trinajstić information content (AvgIpc) is 2.95. The van der Waals surface area contributed by atoms with E-state index in [-0.39, 0.29) is 12.1 Å². The summed E-state index contributed by atoms with van der Waals surface area (Å²) in [5.41, 5.74) is 0.934. The van der Waals surface area contributed by atoms with E-state index in [1.165, 1.54) is 30.6 Å². The van der Waals surface area contributed by atoms with Crippen LogP contribution in [0.4, 0.5) is 43.5 Å². The summed E-state index contributed by atoms with van der Waals surface area (Å²) in [6.45, 7) is 4.69. The van der Waals surface area contributed by atoms with E-state index in [0.29, 0.717) is 37.5 Å². The number of nitrogens with zero attached hydrogens (tertiary/aromatic N) is 4. The van der Waals surface area contributed by atoms with Gasteiger partial charge in [0.15, 0.2) is 0 Å². The van der Waals surface area contributed by atoms with Gasteiger partial charge in [0.25, 0.3) is 0 Å². The van der Waals surface area contributed by atoms with Gasteiger partial charge in [-0.2, -0.15) is 26.3 Å². The fourth-order valence-corrected chi connectivity index (χ4v) is 5.34. The number of rotatable bonds is 6.